The maximum atomic E-state index is 12.6. The molecule has 26 heavy (non-hydrogen) atoms. The number of aliphatic hydroxyl groups excluding tert-OH is 1. The van der Waals surface area contributed by atoms with Crippen molar-refractivity contribution in [3.05, 3.63) is 35.5 Å². The van der Waals surface area contributed by atoms with Crippen LogP contribution < -0.4 is 15.5 Å². The lowest BCUT2D eigenvalue weighted by Crippen LogP contribution is -2.43. The first kappa shape index (κ1) is 18.2. The molecule has 1 aromatic rings. The Hall–Kier alpha value is -2.58. The molecule has 0 aromatic heterocycles. The van der Waals surface area contributed by atoms with E-state index in [-0.39, 0.29) is 36.9 Å². The van der Waals surface area contributed by atoms with Gasteiger partial charge in [-0.2, -0.15) is 0 Å². The van der Waals surface area contributed by atoms with Crippen molar-refractivity contribution in [1.29, 1.82) is 0 Å². The first-order chi connectivity index (χ1) is 12.6. The Morgan fingerprint density at radius 2 is 2.12 bits per heavy atom. The van der Waals surface area contributed by atoms with E-state index < -0.39 is 5.97 Å². The van der Waals surface area contributed by atoms with Crippen LogP contribution in [0.3, 0.4) is 0 Å². The number of nitrogens with one attached hydrogen (secondary N) is 2. The summed E-state index contributed by atoms with van der Waals surface area (Å²) >= 11 is 0. The van der Waals surface area contributed by atoms with Crippen LogP contribution >= 0.6 is 0 Å². The molecule has 1 amide bonds. The number of hydrogen-bond donors (Lipinski definition) is 3. The van der Waals surface area contributed by atoms with E-state index >= 15 is 0 Å². The van der Waals surface area contributed by atoms with E-state index in [0.717, 1.165) is 37.6 Å². The van der Waals surface area contributed by atoms with Gasteiger partial charge in [0.25, 0.3) is 5.91 Å². The molecule has 0 saturated carbocycles. The van der Waals surface area contributed by atoms with Gasteiger partial charge in [0.1, 0.15) is 5.70 Å². The highest BCUT2D eigenvalue weighted by atomic mass is 16.5. The number of esters is 1. The molecule has 3 N–H and O–H groups in total. The summed E-state index contributed by atoms with van der Waals surface area (Å²) in [7, 11) is 1.29. The van der Waals surface area contributed by atoms with Crippen LogP contribution in [0.2, 0.25) is 0 Å². The van der Waals surface area contributed by atoms with E-state index in [1.54, 1.807) is 0 Å². The number of anilines is 2. The van der Waals surface area contributed by atoms with Crippen molar-refractivity contribution in [1.82, 2.24) is 10.2 Å². The van der Waals surface area contributed by atoms with Crippen molar-refractivity contribution in [3.63, 3.8) is 0 Å². The number of aliphatic hydroxyl groups is 1. The van der Waals surface area contributed by atoms with Crippen LogP contribution in [0.4, 0.5) is 11.4 Å². The van der Waals surface area contributed by atoms with Gasteiger partial charge in [0.2, 0.25) is 0 Å². The Bertz CT molecular complexity index is 713. The number of β-amino-alcohol motifs (C(OH)–C–C–N with tert-alkyl or cyclic N) is 1. The second kappa shape index (κ2) is 8.20. The second-order valence-electron chi connectivity index (χ2n) is 6.21. The summed E-state index contributed by atoms with van der Waals surface area (Å²) in [6, 6.07) is 7.77. The van der Waals surface area contributed by atoms with Crippen molar-refractivity contribution in [3.8, 4) is 0 Å². The highest BCUT2D eigenvalue weighted by Gasteiger charge is 2.34. The Kier molecular flexibility index (Phi) is 5.75. The third-order valence-electron chi connectivity index (χ3n) is 4.55. The number of nitrogens with zero attached hydrogens (tertiary/aromatic N) is 2. The van der Waals surface area contributed by atoms with Crippen LogP contribution in [0.1, 0.15) is 0 Å². The lowest BCUT2D eigenvalue weighted by atomic mass is 10.2. The normalized spacial score (nSPS) is 17.7. The quantitative estimate of drug-likeness (QED) is 0.603. The number of amides is 1. The summed E-state index contributed by atoms with van der Waals surface area (Å²) in [6.07, 6.45) is 0. The molecular weight excluding hydrogens is 336 g/mol. The summed E-state index contributed by atoms with van der Waals surface area (Å²) in [4.78, 5) is 28.3. The van der Waals surface area contributed by atoms with Gasteiger partial charge in [0.05, 0.1) is 25.8 Å². The molecule has 0 spiro atoms. The molecule has 0 aliphatic carbocycles. The Morgan fingerprint density at radius 1 is 1.35 bits per heavy atom. The standard InChI is InChI=1S/C18H24N4O4/c1-26-18(25)15-12-22(9-10-23)17(24)16(15)20-13-3-2-4-14(11-13)21-7-5-19-6-8-21/h2-4,11,19-20,23H,5-10,12H2,1H3. The Balaban J connectivity index is 1.83. The topological polar surface area (TPSA) is 94.1 Å². The van der Waals surface area contributed by atoms with Crippen molar-refractivity contribution in [2.24, 2.45) is 0 Å². The van der Waals surface area contributed by atoms with Gasteiger partial charge in [0, 0.05) is 44.1 Å². The molecule has 0 radical (unpaired) electrons. The fourth-order valence-corrected chi connectivity index (χ4v) is 3.20. The first-order valence-electron chi connectivity index (χ1n) is 8.68. The van der Waals surface area contributed by atoms with Crippen molar-refractivity contribution in [2.45, 2.75) is 0 Å². The molecule has 0 unspecified atom stereocenters. The maximum Gasteiger partial charge on any atom is 0.337 e. The van der Waals surface area contributed by atoms with Crippen LogP contribution in [0, 0.1) is 0 Å². The molecule has 8 heteroatoms. The molecule has 2 aliphatic heterocycles. The fourth-order valence-electron chi connectivity index (χ4n) is 3.20. The molecule has 3 rings (SSSR count). The van der Waals surface area contributed by atoms with Gasteiger partial charge in [0.15, 0.2) is 0 Å². The van der Waals surface area contributed by atoms with Crippen LogP contribution in [0.5, 0.6) is 0 Å². The van der Waals surface area contributed by atoms with E-state index in [4.69, 9.17) is 9.84 Å². The first-order valence-corrected chi connectivity index (χ1v) is 8.68. The lowest BCUT2D eigenvalue weighted by Gasteiger charge is -2.29. The minimum absolute atomic E-state index is 0.131. The number of carbonyl (C=O) groups is 2. The van der Waals surface area contributed by atoms with E-state index in [0.29, 0.717) is 0 Å². The predicted molar refractivity (Wildman–Crippen MR) is 97.9 cm³/mol. The Morgan fingerprint density at radius 3 is 2.81 bits per heavy atom. The zero-order chi connectivity index (χ0) is 18.5. The molecule has 8 nitrogen and oxygen atoms in total. The summed E-state index contributed by atoms with van der Waals surface area (Å²) < 4.78 is 4.80. The SMILES string of the molecule is COC(=O)C1=C(Nc2cccc(N3CCNCC3)c2)C(=O)N(CCO)C1. The zero-order valence-corrected chi connectivity index (χ0v) is 14.8. The van der Waals surface area contributed by atoms with Gasteiger partial charge < -0.3 is 30.3 Å². The highest BCUT2D eigenvalue weighted by molar-refractivity contribution is 6.08. The molecular formula is C18H24N4O4. The van der Waals surface area contributed by atoms with Gasteiger partial charge >= 0.3 is 5.97 Å². The lowest BCUT2D eigenvalue weighted by molar-refractivity contribution is -0.136. The smallest absolute Gasteiger partial charge is 0.337 e. The molecule has 0 bridgehead atoms. The Labute approximate surface area is 152 Å². The van der Waals surface area contributed by atoms with Crippen LogP contribution in [-0.4, -0.2) is 74.9 Å². The molecule has 140 valence electrons. The second-order valence-corrected chi connectivity index (χ2v) is 6.21. The average Bonchev–Trinajstić information content (AvgIpc) is 2.98. The number of methoxy groups -OCH3 is 1. The number of ether oxygens (including phenoxy) is 1. The monoisotopic (exact) mass is 360 g/mol. The third-order valence-corrected chi connectivity index (χ3v) is 4.55. The molecule has 1 fully saturated rings. The van der Waals surface area contributed by atoms with Gasteiger partial charge in [-0.1, -0.05) is 6.07 Å². The molecule has 1 aromatic carbocycles. The summed E-state index contributed by atoms with van der Waals surface area (Å²) in [5.74, 6) is -0.855. The van der Waals surface area contributed by atoms with Crippen molar-refractivity contribution >= 4 is 23.3 Å². The van der Waals surface area contributed by atoms with Crippen molar-refractivity contribution in [2.75, 3.05) is 63.2 Å². The zero-order valence-electron chi connectivity index (χ0n) is 14.8. The molecule has 2 heterocycles. The molecule has 0 atom stereocenters. The van der Waals surface area contributed by atoms with Crippen molar-refractivity contribution < 1.29 is 19.4 Å². The van der Waals surface area contributed by atoms with Gasteiger partial charge in [-0.05, 0) is 18.2 Å². The number of rotatable bonds is 6. The molecule has 1 saturated heterocycles. The van der Waals surface area contributed by atoms with E-state index in [2.05, 4.69) is 15.5 Å². The van der Waals surface area contributed by atoms with Crippen LogP contribution in [-0.2, 0) is 14.3 Å². The predicted octanol–water partition coefficient (Wildman–Crippen LogP) is -0.230. The summed E-state index contributed by atoms with van der Waals surface area (Å²) in [5, 5.41) is 15.5. The highest BCUT2D eigenvalue weighted by Crippen LogP contribution is 2.25. The largest absolute Gasteiger partial charge is 0.466 e. The van der Waals surface area contributed by atoms with Crippen LogP contribution in [0.25, 0.3) is 0 Å². The minimum atomic E-state index is -0.542. The van der Waals surface area contributed by atoms with Gasteiger partial charge in [-0.25, -0.2) is 4.79 Å². The number of carbonyl (C=O) groups excluding carboxylic acids is 2. The number of piperazine rings is 1. The molecule has 2 aliphatic rings. The third kappa shape index (κ3) is 3.81. The van der Waals surface area contributed by atoms with E-state index in [1.807, 2.05) is 24.3 Å². The van der Waals surface area contributed by atoms with Gasteiger partial charge in [-0.3, -0.25) is 4.79 Å². The fraction of sp³-hybridized carbons (Fsp3) is 0.444. The summed E-state index contributed by atoms with van der Waals surface area (Å²) in [6.45, 7) is 3.85. The van der Waals surface area contributed by atoms with Crippen LogP contribution in [0.15, 0.2) is 35.5 Å². The van der Waals surface area contributed by atoms with E-state index in [1.165, 1.54) is 12.0 Å². The summed E-state index contributed by atoms with van der Waals surface area (Å²) in [5.41, 5.74) is 2.28. The minimum Gasteiger partial charge on any atom is -0.466 e. The average molecular weight is 360 g/mol. The van der Waals surface area contributed by atoms with E-state index in [9.17, 15) is 9.59 Å². The number of benzene rings is 1. The number of hydrogen-bond acceptors (Lipinski definition) is 7. The maximum absolute atomic E-state index is 12.6. The van der Waals surface area contributed by atoms with Gasteiger partial charge in [-0.15, -0.1) is 0 Å².